The second kappa shape index (κ2) is 10.3. The zero-order valence-corrected chi connectivity index (χ0v) is 15.1. The lowest BCUT2D eigenvalue weighted by Gasteiger charge is -2.05. The minimum absolute atomic E-state index is 0.132. The fraction of sp³-hybridized carbons (Fsp3) is 0.318. The molecule has 3 nitrogen and oxygen atoms in total. The molecule has 1 N–H and O–H groups in total. The number of hydrogen-bond acceptors (Lipinski definition) is 2. The topological polar surface area (TPSA) is 38.3 Å². The summed E-state index contributed by atoms with van der Waals surface area (Å²) in [6.45, 7) is 4.98. The van der Waals surface area contributed by atoms with Crippen LogP contribution in [0.4, 0.5) is 5.69 Å². The van der Waals surface area contributed by atoms with Crippen molar-refractivity contribution in [2.75, 3.05) is 11.9 Å². The Morgan fingerprint density at radius 1 is 1.00 bits per heavy atom. The lowest BCUT2D eigenvalue weighted by Crippen LogP contribution is -2.07. The molecule has 132 valence electrons. The summed E-state index contributed by atoms with van der Waals surface area (Å²) in [4.78, 5) is 12.0. The van der Waals surface area contributed by atoms with E-state index in [2.05, 4.69) is 31.3 Å². The molecule has 0 unspecified atom stereocenters. The minimum atomic E-state index is -0.132. The Bertz CT molecular complexity index is 672. The van der Waals surface area contributed by atoms with Gasteiger partial charge in [0.05, 0.1) is 6.61 Å². The maximum Gasteiger partial charge on any atom is 0.248 e. The summed E-state index contributed by atoms with van der Waals surface area (Å²) in [5, 5.41) is 2.88. The zero-order valence-electron chi connectivity index (χ0n) is 15.1. The lowest BCUT2D eigenvalue weighted by molar-refractivity contribution is -0.111. The van der Waals surface area contributed by atoms with Gasteiger partial charge in [0.1, 0.15) is 5.75 Å². The number of nitrogens with one attached hydrogen (secondary N) is 1. The molecule has 2 aromatic rings. The number of benzene rings is 2. The normalized spacial score (nSPS) is 10.8. The Hall–Kier alpha value is -2.55. The van der Waals surface area contributed by atoms with Gasteiger partial charge in [-0.25, -0.2) is 0 Å². The molecule has 0 heterocycles. The molecule has 0 saturated carbocycles. The second-order valence-corrected chi connectivity index (χ2v) is 6.04. The first-order chi connectivity index (χ1) is 12.2. The van der Waals surface area contributed by atoms with Crippen LogP contribution in [0.3, 0.4) is 0 Å². The van der Waals surface area contributed by atoms with E-state index in [1.165, 1.54) is 18.4 Å². The number of amides is 1. The predicted octanol–water partition coefficient (Wildman–Crippen LogP) is 5.47. The van der Waals surface area contributed by atoms with E-state index < -0.39 is 0 Å². The number of anilines is 1. The van der Waals surface area contributed by atoms with Gasteiger partial charge >= 0.3 is 0 Å². The Morgan fingerprint density at radius 3 is 2.36 bits per heavy atom. The standard InChI is InChI=1S/C22H27NO2/c1-3-5-6-18-7-12-20(13-8-18)23-22(24)16-11-19-9-14-21(15-10-19)25-17-4-2/h7-16H,3-6,17H2,1-2H3,(H,23,24). The summed E-state index contributed by atoms with van der Waals surface area (Å²) in [5.74, 6) is 0.722. The van der Waals surface area contributed by atoms with E-state index >= 15 is 0 Å². The van der Waals surface area contributed by atoms with E-state index in [9.17, 15) is 4.79 Å². The van der Waals surface area contributed by atoms with Crippen LogP contribution in [0.25, 0.3) is 6.08 Å². The van der Waals surface area contributed by atoms with Crippen LogP contribution in [-0.4, -0.2) is 12.5 Å². The maximum atomic E-state index is 12.0. The highest BCUT2D eigenvalue weighted by molar-refractivity contribution is 6.01. The monoisotopic (exact) mass is 337 g/mol. The van der Waals surface area contributed by atoms with Gasteiger partial charge in [-0.15, -0.1) is 0 Å². The van der Waals surface area contributed by atoms with E-state index in [-0.39, 0.29) is 5.91 Å². The quantitative estimate of drug-likeness (QED) is 0.616. The van der Waals surface area contributed by atoms with Gasteiger partial charge < -0.3 is 10.1 Å². The third-order valence-electron chi connectivity index (χ3n) is 3.82. The number of carbonyl (C=O) groups is 1. The van der Waals surface area contributed by atoms with E-state index in [1.54, 1.807) is 12.2 Å². The number of hydrogen-bond donors (Lipinski definition) is 1. The second-order valence-electron chi connectivity index (χ2n) is 6.04. The van der Waals surface area contributed by atoms with Gasteiger partial charge in [0.15, 0.2) is 0 Å². The fourth-order valence-electron chi connectivity index (χ4n) is 2.39. The molecule has 1 amide bonds. The molecular formula is C22H27NO2. The molecule has 2 rings (SSSR count). The van der Waals surface area contributed by atoms with Crippen LogP contribution in [0.2, 0.25) is 0 Å². The van der Waals surface area contributed by atoms with E-state index in [1.807, 2.05) is 36.4 Å². The summed E-state index contributed by atoms with van der Waals surface area (Å²) < 4.78 is 5.55. The summed E-state index contributed by atoms with van der Waals surface area (Å²) in [7, 11) is 0. The molecular weight excluding hydrogens is 310 g/mol. The third kappa shape index (κ3) is 6.84. The van der Waals surface area contributed by atoms with Gasteiger partial charge in [-0.05, 0) is 60.7 Å². The molecule has 0 spiro atoms. The van der Waals surface area contributed by atoms with E-state index in [0.29, 0.717) is 0 Å². The molecule has 0 aliphatic heterocycles. The molecule has 0 aliphatic carbocycles. The average Bonchev–Trinajstić information content (AvgIpc) is 2.65. The smallest absolute Gasteiger partial charge is 0.248 e. The first-order valence-corrected chi connectivity index (χ1v) is 9.02. The SMILES string of the molecule is CCCCc1ccc(NC(=O)C=Cc2ccc(OCCC)cc2)cc1. The maximum absolute atomic E-state index is 12.0. The molecule has 2 aromatic carbocycles. The van der Waals surface area contributed by atoms with Crippen molar-refractivity contribution in [2.24, 2.45) is 0 Å². The van der Waals surface area contributed by atoms with Gasteiger partial charge in [0.2, 0.25) is 5.91 Å². The van der Waals surface area contributed by atoms with Crippen molar-refractivity contribution in [3.8, 4) is 5.75 Å². The molecule has 25 heavy (non-hydrogen) atoms. The fourth-order valence-corrected chi connectivity index (χ4v) is 2.39. The van der Waals surface area contributed by atoms with Gasteiger partial charge in [-0.3, -0.25) is 4.79 Å². The number of rotatable bonds is 9. The highest BCUT2D eigenvalue weighted by Gasteiger charge is 1.99. The Labute approximate surface area is 150 Å². The largest absolute Gasteiger partial charge is 0.494 e. The summed E-state index contributed by atoms with van der Waals surface area (Å²) in [6, 6.07) is 15.8. The molecule has 3 heteroatoms. The Morgan fingerprint density at radius 2 is 1.72 bits per heavy atom. The summed E-state index contributed by atoms with van der Waals surface area (Å²) >= 11 is 0. The molecule has 0 fully saturated rings. The first kappa shape index (κ1) is 18.8. The van der Waals surface area contributed by atoms with Crippen LogP contribution >= 0.6 is 0 Å². The minimum Gasteiger partial charge on any atom is -0.494 e. The molecule has 0 aliphatic rings. The number of carbonyl (C=O) groups excluding carboxylic acids is 1. The molecule has 0 atom stereocenters. The first-order valence-electron chi connectivity index (χ1n) is 9.02. The van der Waals surface area contributed by atoms with Crippen molar-refractivity contribution >= 4 is 17.7 Å². The average molecular weight is 337 g/mol. The van der Waals surface area contributed by atoms with Gasteiger partial charge in [-0.2, -0.15) is 0 Å². The van der Waals surface area contributed by atoms with Crippen LogP contribution < -0.4 is 10.1 Å². The molecule has 0 radical (unpaired) electrons. The van der Waals surface area contributed by atoms with Crippen molar-refractivity contribution in [1.82, 2.24) is 0 Å². The number of unbranched alkanes of at least 4 members (excludes halogenated alkanes) is 1. The van der Waals surface area contributed by atoms with Crippen LogP contribution in [0.15, 0.2) is 54.6 Å². The van der Waals surface area contributed by atoms with Crippen LogP contribution in [0.1, 0.15) is 44.2 Å². The van der Waals surface area contributed by atoms with Crippen molar-refractivity contribution in [3.63, 3.8) is 0 Å². The van der Waals surface area contributed by atoms with Crippen LogP contribution in [0, 0.1) is 0 Å². The molecule has 0 bridgehead atoms. The summed E-state index contributed by atoms with van der Waals surface area (Å²) in [5.41, 5.74) is 3.09. The molecule has 0 aromatic heterocycles. The molecule has 0 saturated heterocycles. The van der Waals surface area contributed by atoms with E-state index in [4.69, 9.17) is 4.74 Å². The van der Waals surface area contributed by atoms with E-state index in [0.717, 1.165) is 36.4 Å². The Balaban J connectivity index is 1.85. The Kier molecular flexibility index (Phi) is 7.77. The van der Waals surface area contributed by atoms with Gasteiger partial charge in [0, 0.05) is 11.8 Å². The van der Waals surface area contributed by atoms with Crippen LogP contribution in [0.5, 0.6) is 5.75 Å². The predicted molar refractivity (Wildman–Crippen MR) is 105 cm³/mol. The highest BCUT2D eigenvalue weighted by Crippen LogP contribution is 2.14. The number of aryl methyl sites for hydroxylation is 1. The zero-order chi connectivity index (χ0) is 17.9. The highest BCUT2D eigenvalue weighted by atomic mass is 16.5. The number of ether oxygens (including phenoxy) is 1. The lowest BCUT2D eigenvalue weighted by atomic mass is 10.1. The van der Waals surface area contributed by atoms with Gasteiger partial charge in [0.25, 0.3) is 0 Å². The van der Waals surface area contributed by atoms with Crippen molar-refractivity contribution < 1.29 is 9.53 Å². The van der Waals surface area contributed by atoms with Gasteiger partial charge in [-0.1, -0.05) is 44.5 Å². The summed E-state index contributed by atoms with van der Waals surface area (Å²) in [6.07, 6.45) is 7.80. The van der Waals surface area contributed by atoms with Crippen molar-refractivity contribution in [1.29, 1.82) is 0 Å². The van der Waals surface area contributed by atoms with Crippen molar-refractivity contribution in [2.45, 2.75) is 39.5 Å². The van der Waals surface area contributed by atoms with Crippen molar-refractivity contribution in [3.05, 3.63) is 65.7 Å². The van der Waals surface area contributed by atoms with Crippen LogP contribution in [-0.2, 0) is 11.2 Å². The third-order valence-corrected chi connectivity index (χ3v) is 3.82.